The van der Waals surface area contributed by atoms with Crippen molar-refractivity contribution in [3.05, 3.63) is 33.8 Å². The summed E-state index contributed by atoms with van der Waals surface area (Å²) in [5, 5.41) is 17.5. The summed E-state index contributed by atoms with van der Waals surface area (Å²) in [7, 11) is 1.46. The number of methoxy groups -OCH3 is 1. The van der Waals surface area contributed by atoms with Crippen LogP contribution in [0.3, 0.4) is 0 Å². The van der Waals surface area contributed by atoms with Crippen LogP contribution in [0.2, 0.25) is 0 Å². The zero-order valence-corrected chi connectivity index (χ0v) is 10.4. The molecule has 0 fully saturated rings. The summed E-state index contributed by atoms with van der Waals surface area (Å²) in [4.78, 5) is 21.4. The van der Waals surface area contributed by atoms with Crippen molar-refractivity contribution in [2.24, 2.45) is 0 Å². The van der Waals surface area contributed by atoms with Crippen LogP contribution in [0.4, 0.5) is 0 Å². The Bertz CT molecular complexity index is 477. The molecular weight excluding hydrogens is 292 g/mol. The van der Waals surface area contributed by atoms with Crippen LogP contribution in [0, 0.1) is 0 Å². The number of hydrogen-bond acceptors (Lipinski definition) is 3. The first-order valence-corrected chi connectivity index (χ1v) is 5.27. The van der Waals surface area contributed by atoms with Gasteiger partial charge in [-0.25, -0.2) is 9.59 Å². The molecule has 0 saturated carbocycles. The molecule has 2 N–H and O–H groups in total. The highest BCUT2D eigenvalue weighted by Crippen LogP contribution is 2.24. The average Bonchev–Trinajstić information content (AvgIpc) is 2.27. The number of aliphatic carboxylic acids is 2. The second-order valence-electron chi connectivity index (χ2n) is 3.06. The number of ether oxygens (including phenoxy) is 1. The predicted molar refractivity (Wildman–Crippen MR) is 63.9 cm³/mol. The SMILES string of the molecule is COc1ccc(Br)c(C=C(C(=O)O)C(=O)O)c1. The molecule has 0 aromatic heterocycles. The Hall–Kier alpha value is -1.82. The molecule has 0 amide bonds. The van der Waals surface area contributed by atoms with E-state index in [1.54, 1.807) is 12.1 Å². The van der Waals surface area contributed by atoms with Crippen LogP contribution in [0.1, 0.15) is 5.56 Å². The van der Waals surface area contributed by atoms with E-state index >= 15 is 0 Å². The highest BCUT2D eigenvalue weighted by atomic mass is 79.9. The molecule has 0 aliphatic rings. The molecular formula is C11H9BrO5. The van der Waals surface area contributed by atoms with Gasteiger partial charge in [0, 0.05) is 4.47 Å². The maximum Gasteiger partial charge on any atom is 0.343 e. The van der Waals surface area contributed by atoms with E-state index in [0.717, 1.165) is 6.08 Å². The molecule has 0 atom stereocenters. The third-order valence-corrected chi connectivity index (χ3v) is 2.69. The van der Waals surface area contributed by atoms with Crippen molar-refractivity contribution < 1.29 is 24.5 Å². The smallest absolute Gasteiger partial charge is 0.343 e. The molecule has 0 spiro atoms. The summed E-state index contributed by atoms with van der Waals surface area (Å²) < 4.78 is 5.55. The highest BCUT2D eigenvalue weighted by molar-refractivity contribution is 9.10. The molecule has 1 aromatic carbocycles. The van der Waals surface area contributed by atoms with Crippen LogP contribution in [-0.2, 0) is 9.59 Å². The number of carboxylic acids is 2. The second kappa shape index (κ2) is 5.49. The summed E-state index contributed by atoms with van der Waals surface area (Å²) in [6.07, 6.45) is 1.07. The Labute approximate surface area is 105 Å². The van der Waals surface area contributed by atoms with Gasteiger partial charge in [-0.15, -0.1) is 0 Å². The molecule has 6 heteroatoms. The van der Waals surface area contributed by atoms with E-state index in [9.17, 15) is 9.59 Å². The zero-order chi connectivity index (χ0) is 13.0. The van der Waals surface area contributed by atoms with E-state index in [1.165, 1.54) is 13.2 Å². The van der Waals surface area contributed by atoms with Crippen molar-refractivity contribution in [1.82, 2.24) is 0 Å². The monoisotopic (exact) mass is 300 g/mol. The summed E-state index contributed by atoms with van der Waals surface area (Å²) >= 11 is 3.20. The van der Waals surface area contributed by atoms with Crippen LogP contribution < -0.4 is 4.74 Å². The van der Waals surface area contributed by atoms with Gasteiger partial charge in [0.05, 0.1) is 7.11 Å². The molecule has 0 saturated heterocycles. The van der Waals surface area contributed by atoms with Crippen LogP contribution in [-0.4, -0.2) is 29.3 Å². The van der Waals surface area contributed by atoms with E-state index < -0.39 is 17.5 Å². The molecule has 17 heavy (non-hydrogen) atoms. The van der Waals surface area contributed by atoms with Gasteiger partial charge in [0.25, 0.3) is 0 Å². The topological polar surface area (TPSA) is 83.8 Å². The van der Waals surface area contributed by atoms with Crippen molar-refractivity contribution >= 4 is 33.9 Å². The van der Waals surface area contributed by atoms with E-state index in [2.05, 4.69) is 15.9 Å². The van der Waals surface area contributed by atoms with Gasteiger partial charge in [-0.05, 0) is 29.8 Å². The largest absolute Gasteiger partial charge is 0.497 e. The minimum absolute atomic E-state index is 0.421. The van der Waals surface area contributed by atoms with Crippen molar-refractivity contribution in [3.8, 4) is 5.75 Å². The fourth-order valence-corrected chi connectivity index (χ4v) is 1.49. The first kappa shape index (κ1) is 13.2. The quantitative estimate of drug-likeness (QED) is 0.505. The van der Waals surface area contributed by atoms with Crippen LogP contribution in [0.5, 0.6) is 5.75 Å². The molecule has 0 radical (unpaired) electrons. The lowest BCUT2D eigenvalue weighted by Crippen LogP contribution is -2.10. The summed E-state index contributed by atoms with van der Waals surface area (Å²) in [6.45, 7) is 0. The molecule has 0 aliphatic carbocycles. The highest BCUT2D eigenvalue weighted by Gasteiger charge is 2.16. The van der Waals surface area contributed by atoms with Gasteiger partial charge in [0.15, 0.2) is 0 Å². The van der Waals surface area contributed by atoms with Gasteiger partial charge in [0.1, 0.15) is 11.3 Å². The van der Waals surface area contributed by atoms with Gasteiger partial charge < -0.3 is 14.9 Å². The fourth-order valence-electron chi connectivity index (χ4n) is 1.13. The lowest BCUT2D eigenvalue weighted by Gasteiger charge is -2.04. The van der Waals surface area contributed by atoms with E-state index in [4.69, 9.17) is 14.9 Å². The number of hydrogen-bond donors (Lipinski definition) is 2. The normalized spacial score (nSPS) is 9.53. The molecule has 0 unspecified atom stereocenters. The third kappa shape index (κ3) is 3.32. The third-order valence-electron chi connectivity index (χ3n) is 1.96. The van der Waals surface area contributed by atoms with E-state index in [-0.39, 0.29) is 0 Å². The predicted octanol–water partition coefficient (Wildman–Crippen LogP) is 2.01. The maximum atomic E-state index is 10.7. The summed E-state index contributed by atoms with van der Waals surface area (Å²) in [5.41, 5.74) is -0.289. The van der Waals surface area contributed by atoms with Crippen molar-refractivity contribution in [1.29, 1.82) is 0 Å². The Morgan fingerprint density at radius 2 is 1.88 bits per heavy atom. The molecule has 5 nitrogen and oxygen atoms in total. The van der Waals surface area contributed by atoms with E-state index in [1.807, 2.05) is 0 Å². The van der Waals surface area contributed by atoms with Crippen molar-refractivity contribution in [2.45, 2.75) is 0 Å². The maximum absolute atomic E-state index is 10.7. The molecule has 0 aliphatic heterocycles. The second-order valence-corrected chi connectivity index (χ2v) is 3.91. The Kier molecular flexibility index (Phi) is 4.28. The Morgan fingerprint density at radius 3 is 2.35 bits per heavy atom. The Morgan fingerprint density at radius 1 is 1.29 bits per heavy atom. The first-order valence-electron chi connectivity index (χ1n) is 4.47. The lowest BCUT2D eigenvalue weighted by atomic mass is 10.1. The van der Waals surface area contributed by atoms with Gasteiger partial charge in [-0.3, -0.25) is 0 Å². The van der Waals surface area contributed by atoms with E-state index in [0.29, 0.717) is 15.8 Å². The standard InChI is InChI=1S/C11H9BrO5/c1-17-7-2-3-9(12)6(4-7)5-8(10(13)14)11(15)16/h2-5H,1H3,(H,13,14)(H,15,16). The minimum Gasteiger partial charge on any atom is -0.497 e. The van der Waals surface area contributed by atoms with Crippen LogP contribution >= 0.6 is 15.9 Å². The number of carboxylic acid groups (broad SMARTS) is 2. The lowest BCUT2D eigenvalue weighted by molar-refractivity contribution is -0.139. The Balaban J connectivity index is 3.28. The van der Waals surface area contributed by atoms with Crippen molar-refractivity contribution in [2.75, 3.05) is 7.11 Å². The minimum atomic E-state index is -1.49. The summed E-state index contributed by atoms with van der Waals surface area (Å²) in [6, 6.07) is 4.85. The molecule has 90 valence electrons. The first-order chi connectivity index (χ1) is 7.95. The van der Waals surface area contributed by atoms with Gasteiger partial charge in [0.2, 0.25) is 0 Å². The number of benzene rings is 1. The average molecular weight is 301 g/mol. The molecule has 1 rings (SSSR count). The molecule has 0 heterocycles. The van der Waals surface area contributed by atoms with Gasteiger partial charge in [-0.1, -0.05) is 15.9 Å². The molecule has 0 bridgehead atoms. The number of carbonyl (C=O) groups is 2. The van der Waals surface area contributed by atoms with Crippen LogP contribution in [0.15, 0.2) is 28.2 Å². The molecule has 1 aromatic rings. The fraction of sp³-hybridized carbons (Fsp3) is 0.0909. The van der Waals surface area contributed by atoms with Crippen LogP contribution in [0.25, 0.3) is 6.08 Å². The zero-order valence-electron chi connectivity index (χ0n) is 8.81. The van der Waals surface area contributed by atoms with Crippen molar-refractivity contribution in [3.63, 3.8) is 0 Å². The number of halogens is 1. The summed E-state index contributed by atoms with van der Waals surface area (Å²) in [5.74, 6) is -2.48. The number of rotatable bonds is 4. The van der Waals surface area contributed by atoms with Gasteiger partial charge >= 0.3 is 11.9 Å². The van der Waals surface area contributed by atoms with Gasteiger partial charge in [-0.2, -0.15) is 0 Å².